The molecule has 0 atom stereocenters. The van der Waals surface area contributed by atoms with Gasteiger partial charge in [-0.05, 0) is 66.8 Å². The number of para-hydroxylation sites is 1. The van der Waals surface area contributed by atoms with E-state index in [-0.39, 0.29) is 27.4 Å². The molecule has 0 saturated heterocycles. The van der Waals surface area contributed by atoms with Crippen molar-refractivity contribution in [1.82, 2.24) is 5.32 Å². The Morgan fingerprint density at radius 1 is 0.812 bits per heavy atom. The Morgan fingerprint density at radius 2 is 1.50 bits per heavy atom. The maximum atomic E-state index is 12.4. The van der Waals surface area contributed by atoms with Gasteiger partial charge in [0.05, 0.1) is 10.6 Å². The molecule has 32 heavy (non-hydrogen) atoms. The van der Waals surface area contributed by atoms with Crippen molar-refractivity contribution in [2.45, 2.75) is 0 Å². The van der Waals surface area contributed by atoms with Gasteiger partial charge in [-0.3, -0.25) is 14.9 Å². The second-order valence-corrected chi connectivity index (χ2v) is 7.96. The molecule has 4 rings (SSSR count). The molecule has 0 aliphatic rings. The van der Waals surface area contributed by atoms with E-state index in [0.717, 1.165) is 5.39 Å². The monoisotopic (exact) mass is 483 g/mol. The summed E-state index contributed by atoms with van der Waals surface area (Å²) in [6.07, 6.45) is 0. The predicted molar refractivity (Wildman–Crippen MR) is 131 cm³/mol. The molecular weight excluding hydrogens is 469 g/mol. The highest BCUT2D eigenvalue weighted by atomic mass is 35.5. The smallest absolute Gasteiger partial charge is 0.291 e. The maximum absolute atomic E-state index is 12.4. The van der Waals surface area contributed by atoms with Gasteiger partial charge in [0.1, 0.15) is 5.58 Å². The van der Waals surface area contributed by atoms with Gasteiger partial charge in [-0.2, -0.15) is 0 Å². The van der Waals surface area contributed by atoms with E-state index in [2.05, 4.69) is 16.0 Å². The van der Waals surface area contributed by atoms with Gasteiger partial charge < -0.3 is 15.1 Å². The normalized spacial score (nSPS) is 10.6. The van der Waals surface area contributed by atoms with E-state index in [9.17, 15) is 9.59 Å². The van der Waals surface area contributed by atoms with Crippen LogP contribution in [0, 0.1) is 0 Å². The summed E-state index contributed by atoms with van der Waals surface area (Å²) in [5.74, 6) is -0.621. The van der Waals surface area contributed by atoms with Crippen LogP contribution in [0.1, 0.15) is 20.9 Å². The summed E-state index contributed by atoms with van der Waals surface area (Å²) in [5.41, 5.74) is 2.05. The van der Waals surface area contributed by atoms with E-state index in [4.69, 9.17) is 39.8 Å². The van der Waals surface area contributed by atoms with Crippen LogP contribution in [0.3, 0.4) is 0 Å². The van der Waals surface area contributed by atoms with Crippen molar-refractivity contribution in [2.75, 3.05) is 10.6 Å². The number of carbonyl (C=O) groups excluding carboxylic acids is 2. The van der Waals surface area contributed by atoms with Crippen molar-refractivity contribution in [3.8, 4) is 0 Å². The molecule has 3 N–H and O–H groups in total. The topological polar surface area (TPSA) is 83.4 Å². The summed E-state index contributed by atoms with van der Waals surface area (Å²) in [5, 5.41) is 9.82. The average Bonchev–Trinajstić information content (AvgIpc) is 3.21. The van der Waals surface area contributed by atoms with Crippen molar-refractivity contribution >= 4 is 74.7 Å². The van der Waals surface area contributed by atoms with Gasteiger partial charge in [-0.1, -0.05) is 41.4 Å². The molecule has 0 spiro atoms. The molecule has 0 bridgehead atoms. The molecule has 6 nitrogen and oxygen atoms in total. The quantitative estimate of drug-likeness (QED) is 0.304. The van der Waals surface area contributed by atoms with Crippen LogP contribution in [-0.2, 0) is 0 Å². The van der Waals surface area contributed by atoms with Gasteiger partial charge in [-0.15, -0.1) is 0 Å². The first kappa shape index (κ1) is 21.8. The number of hydrogen-bond acceptors (Lipinski definition) is 4. The van der Waals surface area contributed by atoms with Crippen molar-refractivity contribution in [2.24, 2.45) is 0 Å². The average molecular weight is 484 g/mol. The molecule has 0 fully saturated rings. The molecule has 0 aliphatic heterocycles. The first-order chi connectivity index (χ1) is 15.4. The first-order valence-corrected chi connectivity index (χ1v) is 10.5. The lowest BCUT2D eigenvalue weighted by Gasteiger charge is -2.11. The maximum Gasteiger partial charge on any atom is 0.291 e. The number of rotatable bonds is 4. The van der Waals surface area contributed by atoms with E-state index < -0.39 is 5.91 Å². The zero-order valence-corrected chi connectivity index (χ0v) is 18.6. The van der Waals surface area contributed by atoms with E-state index in [0.29, 0.717) is 22.0 Å². The second-order valence-electron chi connectivity index (χ2n) is 6.71. The number of fused-ring (bicyclic) bond motifs is 1. The van der Waals surface area contributed by atoms with Crippen LogP contribution >= 0.6 is 35.4 Å². The van der Waals surface area contributed by atoms with Gasteiger partial charge >= 0.3 is 0 Å². The Labute approximate surface area is 198 Å². The lowest BCUT2D eigenvalue weighted by atomic mass is 10.2. The molecule has 0 radical (unpaired) electrons. The van der Waals surface area contributed by atoms with E-state index in [1.165, 1.54) is 12.1 Å². The lowest BCUT2D eigenvalue weighted by Crippen LogP contribution is -2.34. The van der Waals surface area contributed by atoms with Gasteiger partial charge in [0.2, 0.25) is 0 Å². The molecule has 1 heterocycles. The number of nitrogens with one attached hydrogen (secondary N) is 3. The third-order valence-electron chi connectivity index (χ3n) is 4.45. The van der Waals surface area contributed by atoms with E-state index in [1.54, 1.807) is 42.5 Å². The summed E-state index contributed by atoms with van der Waals surface area (Å²) >= 11 is 17.1. The Morgan fingerprint density at radius 3 is 2.22 bits per heavy atom. The summed E-state index contributed by atoms with van der Waals surface area (Å²) < 4.78 is 5.57. The van der Waals surface area contributed by atoms with Gasteiger partial charge in [0, 0.05) is 21.8 Å². The van der Waals surface area contributed by atoms with Gasteiger partial charge in [-0.25, -0.2) is 0 Å². The Hall–Kier alpha value is -3.39. The van der Waals surface area contributed by atoms with Crippen LogP contribution in [0.5, 0.6) is 0 Å². The van der Waals surface area contributed by atoms with E-state index >= 15 is 0 Å². The largest absolute Gasteiger partial charge is 0.451 e. The fraction of sp³-hybridized carbons (Fsp3) is 0. The minimum Gasteiger partial charge on any atom is -0.451 e. The van der Waals surface area contributed by atoms with Crippen LogP contribution in [0.25, 0.3) is 11.0 Å². The number of carbonyl (C=O) groups is 2. The third-order valence-corrected chi connectivity index (χ3v) is 5.22. The minimum absolute atomic E-state index is 0.0881. The molecule has 4 aromatic rings. The third kappa shape index (κ3) is 5.08. The summed E-state index contributed by atoms with van der Waals surface area (Å²) in [4.78, 5) is 24.8. The summed E-state index contributed by atoms with van der Waals surface area (Å²) in [6, 6.07) is 20.5. The highest BCUT2D eigenvalue weighted by molar-refractivity contribution is 7.80. The zero-order chi connectivity index (χ0) is 22.7. The fourth-order valence-corrected chi connectivity index (χ4v) is 3.51. The first-order valence-electron chi connectivity index (χ1n) is 9.36. The number of amides is 2. The highest BCUT2D eigenvalue weighted by Crippen LogP contribution is 2.22. The van der Waals surface area contributed by atoms with Gasteiger partial charge in [0.25, 0.3) is 11.8 Å². The molecule has 0 saturated carbocycles. The number of thiocarbonyl (C=S) groups is 1. The lowest BCUT2D eigenvalue weighted by molar-refractivity contribution is 0.0975. The second kappa shape index (κ2) is 9.40. The van der Waals surface area contributed by atoms with Crippen LogP contribution in [0.4, 0.5) is 11.4 Å². The molecule has 160 valence electrons. The summed E-state index contributed by atoms with van der Waals surface area (Å²) in [7, 11) is 0. The summed E-state index contributed by atoms with van der Waals surface area (Å²) in [6.45, 7) is 0. The van der Waals surface area contributed by atoms with E-state index in [1.807, 2.05) is 18.2 Å². The standard InChI is InChI=1S/C23H15Cl2N3O3S/c24-14-5-10-18(25)17(12-14)21(29)28-23(32)27-16-8-6-15(7-9-16)26-22(30)20-11-13-3-1-2-4-19(13)31-20/h1-12H,(H,26,30)(H2,27,28,29,32). The van der Waals surface area contributed by atoms with Crippen molar-refractivity contribution < 1.29 is 14.0 Å². The van der Waals surface area contributed by atoms with Gasteiger partial charge in [0.15, 0.2) is 10.9 Å². The number of furan rings is 1. The Bertz CT molecular complexity index is 1300. The van der Waals surface area contributed by atoms with Crippen molar-refractivity contribution in [3.63, 3.8) is 0 Å². The van der Waals surface area contributed by atoms with Crippen molar-refractivity contribution in [3.05, 3.63) is 94.2 Å². The molecule has 9 heteroatoms. The van der Waals surface area contributed by atoms with Crippen LogP contribution < -0.4 is 16.0 Å². The molecule has 1 aromatic heterocycles. The number of halogens is 2. The molecule has 3 aromatic carbocycles. The van der Waals surface area contributed by atoms with Crippen LogP contribution in [-0.4, -0.2) is 16.9 Å². The minimum atomic E-state index is -0.482. The number of benzene rings is 3. The molecule has 0 aliphatic carbocycles. The molecule has 2 amide bonds. The Balaban J connectivity index is 1.36. The van der Waals surface area contributed by atoms with Crippen molar-refractivity contribution in [1.29, 1.82) is 0 Å². The molecular formula is C23H15Cl2N3O3S. The number of hydrogen-bond donors (Lipinski definition) is 3. The van der Waals surface area contributed by atoms with Crippen LogP contribution in [0.15, 0.2) is 77.2 Å². The number of anilines is 2. The van der Waals surface area contributed by atoms with Crippen LogP contribution in [0.2, 0.25) is 10.0 Å². The fourth-order valence-electron chi connectivity index (χ4n) is 2.93. The zero-order valence-electron chi connectivity index (χ0n) is 16.3. The highest BCUT2D eigenvalue weighted by Gasteiger charge is 2.14. The molecule has 0 unspecified atom stereocenters. The Kier molecular flexibility index (Phi) is 6.41. The SMILES string of the molecule is O=C(Nc1ccc(NC(=S)NC(=O)c2cc(Cl)ccc2Cl)cc1)c1cc2ccccc2o1. The predicted octanol–water partition coefficient (Wildman–Crippen LogP) is 6.12.